The molecule has 0 bridgehead atoms. The van der Waals surface area contributed by atoms with Gasteiger partial charge in [0.1, 0.15) is 8.96 Å². The minimum atomic E-state index is -0.439. The summed E-state index contributed by atoms with van der Waals surface area (Å²) in [5.41, 5.74) is 2.77. The maximum absolute atomic E-state index is 3.95. The van der Waals surface area contributed by atoms with Crippen molar-refractivity contribution in [3.05, 3.63) is 54.1 Å². The van der Waals surface area contributed by atoms with Crippen LogP contribution in [0.4, 0.5) is 0 Å². The van der Waals surface area contributed by atoms with Gasteiger partial charge in [0.2, 0.25) is 0 Å². The summed E-state index contributed by atoms with van der Waals surface area (Å²) < 4.78 is 0. The van der Waals surface area contributed by atoms with Crippen LogP contribution < -0.4 is 4.98 Å². The molecule has 0 aliphatic heterocycles. The average Bonchev–Trinajstić information content (AvgIpc) is 2.69. The van der Waals surface area contributed by atoms with E-state index in [2.05, 4.69) is 61.1 Å². The topological polar surface area (TPSA) is 12.0 Å². The Kier molecular flexibility index (Phi) is 3.41. The molecule has 2 rings (SSSR count). The highest BCUT2D eigenvalue weighted by molar-refractivity contribution is 6.52. The third-order valence-electron chi connectivity index (χ3n) is 2.93. The van der Waals surface area contributed by atoms with Gasteiger partial charge in [-0.3, -0.25) is 0 Å². The second-order valence-corrected chi connectivity index (χ2v) is 6.71. The molecule has 1 aromatic carbocycles. The quantitative estimate of drug-likeness (QED) is 0.616. The van der Waals surface area contributed by atoms with Crippen molar-refractivity contribution < 1.29 is 0 Å². The lowest BCUT2D eigenvalue weighted by Gasteiger charge is -2.23. The Labute approximate surface area is 99.6 Å². The smallest absolute Gasteiger partial charge is 0.127 e. The molecule has 2 atom stereocenters. The van der Waals surface area contributed by atoms with Crippen molar-refractivity contribution in [2.75, 3.05) is 0 Å². The van der Waals surface area contributed by atoms with E-state index in [1.54, 1.807) is 0 Å². The minimum absolute atomic E-state index is 0.365. The monoisotopic (exact) mass is 228 g/mol. The van der Waals surface area contributed by atoms with Gasteiger partial charge in [-0.25, -0.2) is 0 Å². The van der Waals surface area contributed by atoms with Gasteiger partial charge >= 0.3 is 0 Å². The highest BCUT2D eigenvalue weighted by Gasteiger charge is 2.23. The molecule has 1 aromatic rings. The van der Waals surface area contributed by atoms with Crippen LogP contribution in [0.3, 0.4) is 0 Å². The van der Waals surface area contributed by atoms with E-state index < -0.39 is 8.96 Å². The molecule has 0 heterocycles. The highest BCUT2D eigenvalue weighted by Crippen LogP contribution is 2.32. The number of rotatable bonds is 4. The molecule has 0 saturated carbocycles. The summed E-state index contributed by atoms with van der Waals surface area (Å²) >= 11 is 0. The number of hydrogen-bond acceptors (Lipinski definition) is 1. The predicted octanol–water partition coefficient (Wildman–Crippen LogP) is 3.19. The second-order valence-electron chi connectivity index (χ2n) is 4.42. The summed E-state index contributed by atoms with van der Waals surface area (Å²) in [6, 6.07) is 8.97. The first kappa shape index (κ1) is 11.4. The van der Waals surface area contributed by atoms with Gasteiger partial charge in [0, 0.05) is 12.0 Å². The van der Waals surface area contributed by atoms with Crippen LogP contribution in [0.1, 0.15) is 17.0 Å². The average molecular weight is 228 g/mol. The first-order valence-electron chi connectivity index (χ1n) is 5.68. The van der Waals surface area contributed by atoms with E-state index in [4.69, 9.17) is 0 Å². The molecule has 1 nitrogen and oxygen atoms in total. The van der Waals surface area contributed by atoms with Crippen LogP contribution in [0.2, 0.25) is 13.1 Å². The summed E-state index contributed by atoms with van der Waals surface area (Å²) in [5.74, 6) is 0.452. The number of nitrogens with one attached hydrogen (secondary N) is 1. The third kappa shape index (κ3) is 2.18. The fourth-order valence-corrected chi connectivity index (χ4v) is 3.18. The summed E-state index contributed by atoms with van der Waals surface area (Å²) in [4.78, 5) is 3.64. The molecule has 2 unspecified atom stereocenters. The standard InChI is InChI=1S/C14H18NSi/c1-4-14(15-16(2)3)13-10-9-11-7-5-6-8-12(11)13/h4-10,13-15H,1H2,2-3H3. The summed E-state index contributed by atoms with van der Waals surface area (Å²) in [6.07, 6.45) is 6.54. The van der Waals surface area contributed by atoms with E-state index in [-0.39, 0.29) is 0 Å². The third-order valence-corrected chi connectivity index (χ3v) is 3.85. The Morgan fingerprint density at radius 2 is 2.12 bits per heavy atom. The number of hydrogen-bond donors (Lipinski definition) is 1. The normalized spacial score (nSPS) is 19.8. The van der Waals surface area contributed by atoms with Gasteiger partial charge in [-0.2, -0.15) is 0 Å². The SMILES string of the molecule is C=CC(N[Si](C)C)C1C=Cc2ccccc21. The highest BCUT2D eigenvalue weighted by atomic mass is 28.3. The first-order valence-corrected chi connectivity index (χ1v) is 8.18. The lowest BCUT2D eigenvalue weighted by atomic mass is 9.94. The fraction of sp³-hybridized carbons (Fsp3) is 0.286. The molecule has 1 aliphatic carbocycles. The summed E-state index contributed by atoms with van der Waals surface area (Å²) in [6.45, 7) is 8.49. The molecule has 16 heavy (non-hydrogen) atoms. The Balaban J connectivity index is 2.23. The number of benzene rings is 1. The van der Waals surface area contributed by atoms with E-state index in [1.807, 2.05) is 6.08 Å². The summed E-state index contributed by atoms with van der Waals surface area (Å²) in [7, 11) is -0.439. The van der Waals surface area contributed by atoms with Gasteiger partial charge in [0.25, 0.3) is 0 Å². The minimum Gasteiger partial charge on any atom is -0.332 e. The van der Waals surface area contributed by atoms with Crippen LogP contribution in [0.15, 0.2) is 43.0 Å². The van der Waals surface area contributed by atoms with Gasteiger partial charge in [-0.15, -0.1) is 6.58 Å². The maximum Gasteiger partial charge on any atom is 0.127 e. The van der Waals surface area contributed by atoms with Gasteiger partial charge in [0.15, 0.2) is 0 Å². The van der Waals surface area contributed by atoms with Crippen LogP contribution in [-0.2, 0) is 0 Å². The zero-order valence-corrected chi connectivity index (χ0v) is 10.9. The first-order chi connectivity index (χ1) is 7.72. The zero-order chi connectivity index (χ0) is 11.5. The van der Waals surface area contributed by atoms with Crippen LogP contribution in [-0.4, -0.2) is 15.0 Å². The van der Waals surface area contributed by atoms with Gasteiger partial charge in [-0.05, 0) is 11.1 Å². The van der Waals surface area contributed by atoms with E-state index >= 15 is 0 Å². The molecule has 0 aromatic heterocycles. The van der Waals surface area contributed by atoms with Crippen molar-refractivity contribution in [3.8, 4) is 0 Å². The second kappa shape index (κ2) is 4.81. The van der Waals surface area contributed by atoms with E-state index in [9.17, 15) is 0 Å². The van der Waals surface area contributed by atoms with E-state index in [1.165, 1.54) is 11.1 Å². The molecule has 1 N–H and O–H groups in total. The lowest BCUT2D eigenvalue weighted by Crippen LogP contribution is -2.39. The molecule has 1 aliphatic rings. The molecular formula is C14H18NSi. The zero-order valence-electron chi connectivity index (χ0n) is 9.90. The predicted molar refractivity (Wildman–Crippen MR) is 72.8 cm³/mol. The van der Waals surface area contributed by atoms with Crippen LogP contribution in [0.25, 0.3) is 6.08 Å². The molecule has 2 heteroatoms. The molecule has 0 spiro atoms. The van der Waals surface area contributed by atoms with Crippen molar-refractivity contribution in [1.29, 1.82) is 0 Å². The van der Waals surface area contributed by atoms with Gasteiger partial charge in [-0.1, -0.05) is 55.6 Å². The fourth-order valence-electron chi connectivity index (χ4n) is 2.22. The summed E-state index contributed by atoms with van der Waals surface area (Å²) in [5, 5.41) is 0. The largest absolute Gasteiger partial charge is 0.332 e. The molecule has 0 saturated heterocycles. The molecule has 1 radical (unpaired) electrons. The van der Waals surface area contributed by atoms with Crippen molar-refractivity contribution in [2.24, 2.45) is 0 Å². The lowest BCUT2D eigenvalue weighted by molar-refractivity contribution is 0.671. The Bertz CT molecular complexity index is 409. The van der Waals surface area contributed by atoms with Gasteiger partial charge < -0.3 is 4.98 Å². The van der Waals surface area contributed by atoms with Crippen LogP contribution in [0.5, 0.6) is 0 Å². The van der Waals surface area contributed by atoms with Crippen molar-refractivity contribution in [1.82, 2.24) is 4.98 Å². The number of fused-ring (bicyclic) bond motifs is 1. The molecular weight excluding hydrogens is 210 g/mol. The Hall–Kier alpha value is -1.12. The van der Waals surface area contributed by atoms with Crippen LogP contribution >= 0.6 is 0 Å². The van der Waals surface area contributed by atoms with Crippen molar-refractivity contribution >= 4 is 15.0 Å². The molecule has 0 fully saturated rings. The maximum atomic E-state index is 3.95. The Morgan fingerprint density at radius 1 is 1.38 bits per heavy atom. The van der Waals surface area contributed by atoms with Crippen molar-refractivity contribution in [2.45, 2.75) is 25.1 Å². The molecule has 83 valence electrons. The van der Waals surface area contributed by atoms with Gasteiger partial charge in [0.05, 0.1) is 0 Å². The van der Waals surface area contributed by atoms with Crippen LogP contribution in [0, 0.1) is 0 Å². The van der Waals surface area contributed by atoms with E-state index in [0.717, 1.165) is 0 Å². The van der Waals surface area contributed by atoms with E-state index in [0.29, 0.717) is 12.0 Å². The molecule has 0 amide bonds. The van der Waals surface area contributed by atoms with Crippen molar-refractivity contribution in [3.63, 3.8) is 0 Å². The Morgan fingerprint density at radius 3 is 2.81 bits per heavy atom.